The smallest absolute Gasteiger partial charge is 0.153 e. The average Bonchev–Trinajstić information content (AvgIpc) is 2.19. The van der Waals surface area contributed by atoms with Crippen molar-refractivity contribution >= 4 is 6.29 Å². The number of aldehydes is 1. The van der Waals surface area contributed by atoms with E-state index in [1.54, 1.807) is 18.2 Å². The summed E-state index contributed by atoms with van der Waals surface area (Å²) in [6.45, 7) is 3.30. The van der Waals surface area contributed by atoms with Gasteiger partial charge in [0.15, 0.2) is 6.29 Å². The van der Waals surface area contributed by atoms with Crippen LogP contribution in [0.5, 0.6) is 5.75 Å². The minimum Gasteiger partial charge on any atom is -0.465 e. The molecule has 0 unspecified atom stereocenters. The van der Waals surface area contributed by atoms with Gasteiger partial charge in [-0.15, -0.1) is 0 Å². The van der Waals surface area contributed by atoms with Gasteiger partial charge in [-0.1, -0.05) is 12.6 Å². The maximum absolute atomic E-state index is 10.6. The van der Waals surface area contributed by atoms with E-state index in [2.05, 4.69) is 6.58 Å². The van der Waals surface area contributed by atoms with E-state index >= 15 is 0 Å². The van der Waals surface area contributed by atoms with Gasteiger partial charge in [0.25, 0.3) is 0 Å². The van der Waals surface area contributed by atoms with Gasteiger partial charge in [0.05, 0.1) is 18.4 Å². The summed E-state index contributed by atoms with van der Waals surface area (Å²) in [5.41, 5.74) is 1.09. The lowest BCUT2D eigenvalue weighted by Gasteiger charge is -2.04. The summed E-state index contributed by atoms with van der Waals surface area (Å²) < 4.78 is 4.98. The fourth-order valence-corrected chi connectivity index (χ4v) is 0.985. The molecular formula is C10H10O3. The Morgan fingerprint density at radius 2 is 2.31 bits per heavy atom. The van der Waals surface area contributed by atoms with Gasteiger partial charge in [0, 0.05) is 0 Å². The lowest BCUT2D eigenvalue weighted by atomic mass is 10.1. The number of carbonyl (C=O) groups excluding carboxylic acids is 1. The predicted octanol–water partition coefficient (Wildman–Crippen LogP) is 1.51. The molecule has 0 radical (unpaired) electrons. The molecule has 0 aliphatic carbocycles. The highest BCUT2D eigenvalue weighted by Crippen LogP contribution is 2.18. The number of carbonyl (C=O) groups is 1. The summed E-state index contributed by atoms with van der Waals surface area (Å²) in [6, 6.07) is 4.88. The Hall–Kier alpha value is -1.61. The van der Waals surface area contributed by atoms with Crippen molar-refractivity contribution < 1.29 is 14.6 Å². The van der Waals surface area contributed by atoms with E-state index < -0.39 is 0 Å². The summed E-state index contributed by atoms with van der Waals surface area (Å²) in [6.07, 6.45) is 1.93. The van der Waals surface area contributed by atoms with Crippen molar-refractivity contribution in [2.45, 2.75) is 6.61 Å². The predicted molar refractivity (Wildman–Crippen MR) is 48.6 cm³/mol. The number of hydrogen-bond donors (Lipinski definition) is 1. The van der Waals surface area contributed by atoms with Gasteiger partial charge >= 0.3 is 0 Å². The molecule has 0 aliphatic heterocycles. The summed E-state index contributed by atoms with van der Waals surface area (Å²) in [7, 11) is 0. The molecule has 1 N–H and O–H groups in total. The second-order valence-electron chi connectivity index (χ2n) is 2.43. The number of hydrogen-bond acceptors (Lipinski definition) is 3. The number of aliphatic hydroxyl groups is 1. The van der Waals surface area contributed by atoms with E-state index in [1.807, 2.05) is 0 Å². The molecular weight excluding hydrogens is 168 g/mol. The number of ether oxygens (including phenoxy) is 1. The summed E-state index contributed by atoms with van der Waals surface area (Å²) in [5.74, 6) is 0.446. The Kier molecular flexibility index (Phi) is 3.23. The maximum atomic E-state index is 10.6. The Morgan fingerprint density at radius 1 is 1.54 bits per heavy atom. The van der Waals surface area contributed by atoms with Crippen LogP contribution in [0.4, 0.5) is 0 Å². The van der Waals surface area contributed by atoms with E-state index in [1.165, 1.54) is 6.26 Å². The van der Waals surface area contributed by atoms with Crippen LogP contribution in [-0.2, 0) is 6.61 Å². The second kappa shape index (κ2) is 4.42. The highest BCUT2D eigenvalue weighted by Gasteiger charge is 2.02. The van der Waals surface area contributed by atoms with Crippen molar-refractivity contribution in [2.24, 2.45) is 0 Å². The first kappa shape index (κ1) is 9.48. The van der Waals surface area contributed by atoms with Crippen LogP contribution in [-0.4, -0.2) is 11.4 Å². The Balaban J connectivity index is 3.07. The fourth-order valence-electron chi connectivity index (χ4n) is 0.985. The van der Waals surface area contributed by atoms with Crippen molar-refractivity contribution in [3.8, 4) is 5.75 Å². The van der Waals surface area contributed by atoms with E-state index in [-0.39, 0.29) is 6.61 Å². The molecule has 0 fully saturated rings. The van der Waals surface area contributed by atoms with Crippen LogP contribution in [0.3, 0.4) is 0 Å². The topological polar surface area (TPSA) is 46.5 Å². The molecule has 1 aromatic rings. The van der Waals surface area contributed by atoms with Crippen LogP contribution in [0.25, 0.3) is 0 Å². The first-order valence-corrected chi connectivity index (χ1v) is 3.78. The molecule has 0 aromatic heterocycles. The quantitative estimate of drug-likeness (QED) is 0.561. The number of benzene rings is 1. The summed E-state index contributed by atoms with van der Waals surface area (Å²) in [4.78, 5) is 10.6. The zero-order valence-corrected chi connectivity index (χ0v) is 7.06. The molecule has 3 heteroatoms. The molecule has 0 saturated heterocycles. The lowest BCUT2D eigenvalue weighted by Crippen LogP contribution is -1.92. The zero-order valence-electron chi connectivity index (χ0n) is 7.06. The minimum absolute atomic E-state index is 0.0881. The van der Waals surface area contributed by atoms with Crippen LogP contribution in [0.1, 0.15) is 15.9 Å². The summed E-state index contributed by atoms with van der Waals surface area (Å²) in [5, 5.41) is 8.80. The number of rotatable bonds is 4. The standard InChI is InChI=1S/C10H10O3/c1-2-13-10-4-3-8(6-11)5-9(10)7-12/h2-5,7,11H,1,6H2. The van der Waals surface area contributed by atoms with Gasteiger partial charge in [0.1, 0.15) is 5.75 Å². The van der Waals surface area contributed by atoms with Gasteiger partial charge in [-0.3, -0.25) is 4.79 Å². The van der Waals surface area contributed by atoms with Crippen molar-refractivity contribution in [3.63, 3.8) is 0 Å². The minimum atomic E-state index is -0.0881. The summed E-state index contributed by atoms with van der Waals surface area (Å²) >= 11 is 0. The van der Waals surface area contributed by atoms with E-state index in [0.29, 0.717) is 23.2 Å². The van der Waals surface area contributed by atoms with Crippen LogP contribution >= 0.6 is 0 Å². The van der Waals surface area contributed by atoms with Crippen LogP contribution < -0.4 is 4.74 Å². The number of aliphatic hydroxyl groups excluding tert-OH is 1. The van der Waals surface area contributed by atoms with Crippen LogP contribution in [0.15, 0.2) is 31.0 Å². The van der Waals surface area contributed by atoms with Gasteiger partial charge in [0.2, 0.25) is 0 Å². The Labute approximate surface area is 76.3 Å². The molecule has 0 atom stereocenters. The first-order chi connectivity index (χ1) is 6.31. The van der Waals surface area contributed by atoms with Gasteiger partial charge < -0.3 is 9.84 Å². The highest BCUT2D eigenvalue weighted by molar-refractivity contribution is 5.79. The molecule has 0 amide bonds. The van der Waals surface area contributed by atoms with Gasteiger partial charge in [-0.05, 0) is 17.7 Å². The van der Waals surface area contributed by atoms with Crippen molar-refractivity contribution in [1.82, 2.24) is 0 Å². The maximum Gasteiger partial charge on any atom is 0.153 e. The molecule has 0 spiro atoms. The van der Waals surface area contributed by atoms with Gasteiger partial charge in [-0.25, -0.2) is 0 Å². The molecule has 0 saturated carbocycles. The first-order valence-electron chi connectivity index (χ1n) is 3.78. The Bertz CT molecular complexity index is 318. The third kappa shape index (κ3) is 2.16. The fraction of sp³-hybridized carbons (Fsp3) is 0.100. The van der Waals surface area contributed by atoms with E-state index in [9.17, 15) is 4.79 Å². The molecule has 13 heavy (non-hydrogen) atoms. The molecule has 1 rings (SSSR count). The van der Waals surface area contributed by atoms with Crippen LogP contribution in [0.2, 0.25) is 0 Å². The van der Waals surface area contributed by atoms with E-state index in [4.69, 9.17) is 9.84 Å². The molecule has 68 valence electrons. The normalized spacial score (nSPS) is 9.31. The third-order valence-corrected chi connectivity index (χ3v) is 1.59. The zero-order chi connectivity index (χ0) is 9.68. The molecule has 0 aliphatic rings. The molecule has 0 heterocycles. The third-order valence-electron chi connectivity index (χ3n) is 1.59. The van der Waals surface area contributed by atoms with Crippen molar-refractivity contribution in [3.05, 3.63) is 42.2 Å². The van der Waals surface area contributed by atoms with Crippen molar-refractivity contribution in [1.29, 1.82) is 0 Å². The highest BCUT2D eigenvalue weighted by atomic mass is 16.5. The Morgan fingerprint density at radius 3 is 2.85 bits per heavy atom. The largest absolute Gasteiger partial charge is 0.465 e. The molecule has 3 nitrogen and oxygen atoms in total. The monoisotopic (exact) mass is 178 g/mol. The second-order valence-corrected chi connectivity index (χ2v) is 2.43. The van der Waals surface area contributed by atoms with Crippen LogP contribution in [0, 0.1) is 0 Å². The molecule has 0 bridgehead atoms. The average molecular weight is 178 g/mol. The lowest BCUT2D eigenvalue weighted by molar-refractivity contribution is 0.112. The van der Waals surface area contributed by atoms with Gasteiger partial charge in [-0.2, -0.15) is 0 Å². The van der Waals surface area contributed by atoms with Crippen molar-refractivity contribution in [2.75, 3.05) is 0 Å². The van der Waals surface area contributed by atoms with E-state index in [0.717, 1.165) is 0 Å². The molecule has 1 aromatic carbocycles. The SMILES string of the molecule is C=COc1ccc(CO)cc1C=O.